The molecule has 0 unspecified atom stereocenters. The molecule has 2 heterocycles. The number of nitrogens with one attached hydrogen (secondary N) is 1. The van der Waals surface area contributed by atoms with E-state index in [4.69, 9.17) is 21.1 Å². The Bertz CT molecular complexity index is 1590. The summed E-state index contributed by atoms with van der Waals surface area (Å²) in [4.78, 5) is 26.0. The summed E-state index contributed by atoms with van der Waals surface area (Å²) < 4.78 is 39.2. The van der Waals surface area contributed by atoms with Gasteiger partial charge in [-0.25, -0.2) is 8.42 Å². The lowest BCUT2D eigenvalue weighted by atomic mass is 9.96. The van der Waals surface area contributed by atoms with Gasteiger partial charge < -0.3 is 14.8 Å². The monoisotopic (exact) mass is 582 g/mol. The molecule has 39 heavy (non-hydrogen) atoms. The van der Waals surface area contributed by atoms with Crippen molar-refractivity contribution in [1.29, 1.82) is 0 Å². The van der Waals surface area contributed by atoms with E-state index in [1.165, 1.54) is 12.1 Å². The van der Waals surface area contributed by atoms with Crippen LogP contribution in [0.1, 0.15) is 11.1 Å². The Hall–Kier alpha value is -3.70. The molecule has 0 bridgehead atoms. The largest absolute Gasteiger partial charge is 0.455 e. The zero-order valence-corrected chi connectivity index (χ0v) is 22.8. The molecular formula is C28H23ClN2O6S2. The maximum Gasteiger partial charge on any atom is 0.325 e. The smallest absolute Gasteiger partial charge is 0.325 e. The van der Waals surface area contributed by atoms with Crippen LogP contribution in [0.25, 0.3) is 0 Å². The van der Waals surface area contributed by atoms with E-state index in [1.807, 2.05) is 42.5 Å². The van der Waals surface area contributed by atoms with Gasteiger partial charge in [0.15, 0.2) is 12.4 Å². The molecular weight excluding hydrogens is 560 g/mol. The summed E-state index contributed by atoms with van der Waals surface area (Å²) in [6.45, 7) is -0.605. The zero-order chi connectivity index (χ0) is 27.4. The first kappa shape index (κ1) is 26.9. The van der Waals surface area contributed by atoms with Gasteiger partial charge in [-0.05, 0) is 52.9 Å². The van der Waals surface area contributed by atoms with Gasteiger partial charge in [-0.1, -0.05) is 60.1 Å². The van der Waals surface area contributed by atoms with Gasteiger partial charge >= 0.3 is 5.97 Å². The molecule has 0 saturated carbocycles. The molecule has 0 saturated heterocycles. The molecule has 1 amide bonds. The molecule has 0 radical (unpaired) electrons. The normalized spacial score (nSPS) is 15.3. The van der Waals surface area contributed by atoms with Crippen molar-refractivity contribution < 1.29 is 27.5 Å². The molecule has 200 valence electrons. The second-order valence-electron chi connectivity index (χ2n) is 8.68. The Labute approximate surface area is 234 Å². The molecule has 8 nitrogen and oxygen atoms in total. The van der Waals surface area contributed by atoms with Crippen LogP contribution in [0.5, 0.6) is 11.5 Å². The molecule has 0 spiro atoms. The van der Waals surface area contributed by atoms with Crippen molar-refractivity contribution in [2.75, 3.05) is 11.9 Å². The highest BCUT2D eigenvalue weighted by atomic mass is 35.5. The van der Waals surface area contributed by atoms with Gasteiger partial charge in [0.05, 0.1) is 5.69 Å². The molecule has 3 aromatic carbocycles. The van der Waals surface area contributed by atoms with Crippen LogP contribution in [0.4, 0.5) is 5.69 Å². The molecule has 0 fully saturated rings. The summed E-state index contributed by atoms with van der Waals surface area (Å²) in [6.07, 6.45) is 0.130. The molecule has 1 aromatic heterocycles. The van der Waals surface area contributed by atoms with Gasteiger partial charge in [-0.15, -0.1) is 11.3 Å². The molecule has 1 atom stereocenters. The van der Waals surface area contributed by atoms with Crippen molar-refractivity contribution in [3.63, 3.8) is 0 Å². The third-order valence-corrected chi connectivity index (χ3v) is 9.53. The second kappa shape index (κ2) is 11.6. The maximum absolute atomic E-state index is 13.4. The van der Waals surface area contributed by atoms with E-state index in [0.717, 1.165) is 26.8 Å². The first-order chi connectivity index (χ1) is 18.8. The molecule has 1 aliphatic heterocycles. The van der Waals surface area contributed by atoms with E-state index < -0.39 is 34.5 Å². The van der Waals surface area contributed by atoms with Crippen LogP contribution in [0.3, 0.4) is 0 Å². The number of para-hydroxylation sites is 1. The van der Waals surface area contributed by atoms with Crippen LogP contribution in [0.15, 0.2) is 94.5 Å². The first-order valence-corrected chi connectivity index (χ1v) is 14.6. The second-order valence-corrected chi connectivity index (χ2v) is 12.2. The van der Waals surface area contributed by atoms with Crippen LogP contribution in [0.2, 0.25) is 5.02 Å². The number of esters is 1. The number of sulfonamides is 1. The molecule has 0 aliphatic carbocycles. The first-order valence-electron chi connectivity index (χ1n) is 11.9. The standard InChI is InChI=1S/C28H23ClN2O6S2/c29-21-12-13-25(37-22-9-2-1-3-10-22)23(16-21)30-26(32)18-36-28(33)24-15-19-7-4-5-8-20(19)17-31(24)39(34,35)27-11-6-14-38-27/h1-14,16,24H,15,17-18H2,(H,30,32)/t24-/m1/s1. The number of anilines is 1. The number of benzene rings is 3. The predicted octanol–water partition coefficient (Wildman–Crippen LogP) is 5.49. The minimum absolute atomic E-state index is 0.0189. The molecule has 1 aliphatic rings. The predicted molar refractivity (Wildman–Crippen MR) is 149 cm³/mol. The SMILES string of the molecule is O=C(COC(=O)[C@H]1Cc2ccccc2CN1S(=O)(=O)c1cccs1)Nc1cc(Cl)ccc1Oc1ccccc1. The third-order valence-electron chi connectivity index (χ3n) is 6.07. The number of hydrogen-bond donors (Lipinski definition) is 1. The minimum Gasteiger partial charge on any atom is -0.455 e. The Morgan fingerprint density at radius 2 is 1.72 bits per heavy atom. The van der Waals surface area contributed by atoms with Crippen LogP contribution in [-0.4, -0.2) is 37.2 Å². The van der Waals surface area contributed by atoms with Crippen molar-refractivity contribution in [1.82, 2.24) is 4.31 Å². The Morgan fingerprint density at radius 3 is 2.46 bits per heavy atom. The van der Waals surface area contributed by atoms with Crippen molar-refractivity contribution in [2.24, 2.45) is 0 Å². The molecule has 1 N–H and O–H groups in total. The van der Waals surface area contributed by atoms with E-state index in [9.17, 15) is 18.0 Å². The minimum atomic E-state index is -3.96. The van der Waals surface area contributed by atoms with E-state index in [1.54, 1.807) is 35.7 Å². The lowest BCUT2D eigenvalue weighted by Gasteiger charge is -2.34. The highest BCUT2D eigenvalue weighted by Crippen LogP contribution is 2.33. The van der Waals surface area contributed by atoms with Crippen molar-refractivity contribution >= 4 is 50.5 Å². The lowest BCUT2D eigenvalue weighted by Crippen LogP contribution is -2.49. The maximum atomic E-state index is 13.4. The van der Waals surface area contributed by atoms with Crippen molar-refractivity contribution in [3.8, 4) is 11.5 Å². The fraction of sp³-hybridized carbons (Fsp3) is 0.143. The number of fused-ring (bicyclic) bond motifs is 1. The topological polar surface area (TPSA) is 102 Å². The van der Waals surface area contributed by atoms with Crippen LogP contribution in [0, 0.1) is 0 Å². The average molecular weight is 583 g/mol. The number of rotatable bonds is 8. The van der Waals surface area contributed by atoms with Gasteiger partial charge in [0, 0.05) is 18.0 Å². The number of amides is 1. The van der Waals surface area contributed by atoms with Crippen molar-refractivity contribution in [2.45, 2.75) is 23.2 Å². The number of nitrogens with zero attached hydrogens (tertiary/aromatic N) is 1. The number of hydrogen-bond acceptors (Lipinski definition) is 7. The fourth-order valence-corrected chi connectivity index (χ4v) is 7.05. The van der Waals surface area contributed by atoms with Crippen LogP contribution >= 0.6 is 22.9 Å². The molecule has 11 heteroatoms. The third kappa shape index (κ3) is 6.15. The van der Waals surface area contributed by atoms with Gasteiger partial charge in [0.2, 0.25) is 0 Å². The van der Waals surface area contributed by atoms with E-state index >= 15 is 0 Å². The highest BCUT2D eigenvalue weighted by Gasteiger charge is 2.41. The van der Waals surface area contributed by atoms with Crippen molar-refractivity contribution in [3.05, 3.63) is 106 Å². The molecule has 4 aromatic rings. The van der Waals surface area contributed by atoms with Gasteiger partial charge in [-0.2, -0.15) is 4.31 Å². The number of thiophene rings is 1. The quantitative estimate of drug-likeness (QED) is 0.276. The van der Waals surface area contributed by atoms with Crippen LogP contribution < -0.4 is 10.1 Å². The molecule has 5 rings (SSSR count). The fourth-order valence-electron chi connectivity index (χ4n) is 4.20. The van der Waals surface area contributed by atoms with E-state index in [0.29, 0.717) is 22.2 Å². The summed E-state index contributed by atoms with van der Waals surface area (Å²) in [5.41, 5.74) is 1.95. The van der Waals surface area contributed by atoms with Crippen LogP contribution in [-0.2, 0) is 37.3 Å². The highest BCUT2D eigenvalue weighted by molar-refractivity contribution is 7.91. The Balaban J connectivity index is 1.30. The summed E-state index contributed by atoms with van der Waals surface area (Å²) in [5.74, 6) is -0.534. The average Bonchev–Trinajstić information content (AvgIpc) is 3.49. The summed E-state index contributed by atoms with van der Waals surface area (Å²) in [5, 5.41) is 4.69. The number of halogens is 1. The summed E-state index contributed by atoms with van der Waals surface area (Å²) in [6, 6.07) is 23.1. The van der Waals surface area contributed by atoms with Gasteiger partial charge in [0.1, 0.15) is 16.0 Å². The van der Waals surface area contributed by atoms with E-state index in [2.05, 4.69) is 5.32 Å². The Kier molecular flexibility index (Phi) is 7.99. The summed E-state index contributed by atoms with van der Waals surface area (Å²) >= 11 is 7.19. The number of carbonyl (C=O) groups is 2. The number of carbonyl (C=O) groups excluding carboxylic acids is 2. The summed E-state index contributed by atoms with van der Waals surface area (Å²) in [7, 11) is -3.96. The van der Waals surface area contributed by atoms with Gasteiger partial charge in [-0.3, -0.25) is 9.59 Å². The Morgan fingerprint density at radius 1 is 0.974 bits per heavy atom. The van der Waals surface area contributed by atoms with Gasteiger partial charge in [0.25, 0.3) is 15.9 Å². The lowest BCUT2D eigenvalue weighted by molar-refractivity contribution is -0.151. The number of ether oxygens (including phenoxy) is 2. The van der Waals surface area contributed by atoms with E-state index in [-0.39, 0.29) is 17.2 Å². The zero-order valence-electron chi connectivity index (χ0n) is 20.5.